The first-order chi connectivity index (χ1) is 9.88. The summed E-state index contributed by atoms with van der Waals surface area (Å²) in [6, 6.07) is 6.43. The molecule has 0 radical (unpaired) electrons. The van der Waals surface area contributed by atoms with E-state index < -0.39 is 16.6 Å². The minimum absolute atomic E-state index is 0.00620. The van der Waals surface area contributed by atoms with Gasteiger partial charge in [-0.3, -0.25) is 10.1 Å². The number of nitro groups is 1. The second kappa shape index (κ2) is 6.48. The number of nitrogens with one attached hydrogen (secondary N) is 1. The smallest absolute Gasteiger partial charge is 0.274 e. The van der Waals surface area contributed by atoms with Crippen LogP contribution in [0.25, 0.3) is 0 Å². The van der Waals surface area contributed by atoms with Crippen LogP contribution in [-0.4, -0.2) is 4.92 Å². The van der Waals surface area contributed by atoms with E-state index in [0.717, 1.165) is 12.1 Å². The van der Waals surface area contributed by atoms with E-state index in [9.17, 15) is 18.9 Å². The topological polar surface area (TPSA) is 55.2 Å². The first kappa shape index (κ1) is 15.8. The van der Waals surface area contributed by atoms with Crippen LogP contribution >= 0.6 is 31.9 Å². The van der Waals surface area contributed by atoms with Crippen LogP contribution in [0.2, 0.25) is 0 Å². The maximum absolute atomic E-state index is 13.7. The Morgan fingerprint density at radius 3 is 2.52 bits per heavy atom. The van der Waals surface area contributed by atoms with Gasteiger partial charge in [0.1, 0.15) is 11.6 Å². The highest BCUT2D eigenvalue weighted by Gasteiger charge is 2.15. The van der Waals surface area contributed by atoms with Crippen molar-refractivity contribution in [3.8, 4) is 0 Å². The van der Waals surface area contributed by atoms with Crippen molar-refractivity contribution in [1.82, 2.24) is 0 Å². The average Bonchev–Trinajstić information content (AvgIpc) is 2.41. The van der Waals surface area contributed by atoms with Crippen LogP contribution in [-0.2, 0) is 6.54 Å². The summed E-state index contributed by atoms with van der Waals surface area (Å²) in [4.78, 5) is 10.4. The normalized spacial score (nSPS) is 10.5. The van der Waals surface area contributed by atoms with Crippen LogP contribution < -0.4 is 5.32 Å². The molecule has 0 aliphatic rings. The quantitative estimate of drug-likeness (QED) is 0.429. The van der Waals surface area contributed by atoms with E-state index in [1.165, 1.54) is 6.07 Å². The maximum Gasteiger partial charge on any atom is 0.274 e. The van der Waals surface area contributed by atoms with E-state index in [1.54, 1.807) is 12.1 Å². The number of anilines is 1. The molecule has 2 aromatic carbocycles. The molecule has 8 heteroatoms. The van der Waals surface area contributed by atoms with Gasteiger partial charge in [-0.1, -0.05) is 15.9 Å². The van der Waals surface area contributed by atoms with E-state index >= 15 is 0 Å². The minimum Gasteiger partial charge on any atom is -0.378 e. The second-order valence-electron chi connectivity index (χ2n) is 4.13. The average molecular weight is 422 g/mol. The van der Waals surface area contributed by atoms with Crippen LogP contribution in [0.1, 0.15) is 5.56 Å². The highest BCUT2D eigenvalue weighted by atomic mass is 79.9. The van der Waals surface area contributed by atoms with Crippen molar-refractivity contribution < 1.29 is 13.7 Å². The minimum atomic E-state index is -0.652. The monoisotopic (exact) mass is 420 g/mol. The van der Waals surface area contributed by atoms with Gasteiger partial charge in [0, 0.05) is 28.7 Å². The van der Waals surface area contributed by atoms with Crippen molar-refractivity contribution in [2.45, 2.75) is 6.54 Å². The Bertz CT molecular complexity index is 711. The molecule has 0 aromatic heterocycles. The number of benzene rings is 2. The number of hydrogen-bond donors (Lipinski definition) is 1. The number of rotatable bonds is 4. The third-order valence-corrected chi connectivity index (χ3v) is 3.82. The summed E-state index contributed by atoms with van der Waals surface area (Å²) < 4.78 is 27.7. The van der Waals surface area contributed by atoms with E-state index in [4.69, 9.17) is 0 Å². The van der Waals surface area contributed by atoms with E-state index in [-0.39, 0.29) is 22.4 Å². The van der Waals surface area contributed by atoms with Gasteiger partial charge in [0.2, 0.25) is 0 Å². The van der Waals surface area contributed by atoms with Gasteiger partial charge in [-0.15, -0.1) is 0 Å². The van der Waals surface area contributed by atoms with Gasteiger partial charge in [0.05, 0.1) is 15.1 Å². The van der Waals surface area contributed by atoms with Gasteiger partial charge in [-0.2, -0.15) is 0 Å². The fraction of sp³-hybridized carbons (Fsp3) is 0.0769. The molecule has 0 saturated carbocycles. The summed E-state index contributed by atoms with van der Waals surface area (Å²) in [6.07, 6.45) is 0. The second-order valence-corrected chi connectivity index (χ2v) is 5.90. The van der Waals surface area contributed by atoms with Crippen molar-refractivity contribution in [2.75, 3.05) is 5.32 Å². The molecular formula is C13H8Br2F2N2O2. The van der Waals surface area contributed by atoms with Crippen LogP contribution in [0.4, 0.5) is 20.2 Å². The first-order valence-corrected chi connectivity index (χ1v) is 7.28. The van der Waals surface area contributed by atoms with Crippen LogP contribution in [0.15, 0.2) is 39.3 Å². The number of nitro benzene ring substituents is 1. The van der Waals surface area contributed by atoms with Crippen molar-refractivity contribution in [2.24, 2.45) is 0 Å². The molecule has 0 aliphatic carbocycles. The number of halogens is 4. The maximum atomic E-state index is 13.7. The molecule has 2 aromatic rings. The highest BCUT2D eigenvalue weighted by molar-refractivity contribution is 9.10. The summed E-state index contributed by atoms with van der Waals surface area (Å²) >= 11 is 6.09. The number of hydrogen-bond acceptors (Lipinski definition) is 3. The third kappa shape index (κ3) is 3.76. The Morgan fingerprint density at radius 1 is 1.14 bits per heavy atom. The summed E-state index contributed by atoms with van der Waals surface area (Å²) in [6.45, 7) is -0.00620. The van der Waals surface area contributed by atoms with Gasteiger partial charge in [0.25, 0.3) is 5.69 Å². The van der Waals surface area contributed by atoms with Crippen molar-refractivity contribution in [3.63, 3.8) is 0 Å². The van der Waals surface area contributed by atoms with Gasteiger partial charge >= 0.3 is 0 Å². The molecule has 1 N–H and O–H groups in total. The predicted molar refractivity (Wildman–Crippen MR) is 82.2 cm³/mol. The van der Waals surface area contributed by atoms with E-state index in [2.05, 4.69) is 37.2 Å². The summed E-state index contributed by atoms with van der Waals surface area (Å²) in [5.74, 6) is -1.27. The Morgan fingerprint density at radius 2 is 1.86 bits per heavy atom. The highest BCUT2D eigenvalue weighted by Crippen LogP contribution is 2.26. The van der Waals surface area contributed by atoms with Crippen molar-refractivity contribution >= 4 is 43.2 Å². The van der Waals surface area contributed by atoms with E-state index in [1.807, 2.05) is 0 Å². The molecule has 4 nitrogen and oxygen atoms in total. The Balaban J connectivity index is 2.26. The molecule has 0 fully saturated rings. The molecule has 0 atom stereocenters. The molecule has 2 rings (SSSR count). The lowest BCUT2D eigenvalue weighted by Crippen LogP contribution is -2.05. The predicted octanol–water partition coefficient (Wildman–Crippen LogP) is 5.01. The van der Waals surface area contributed by atoms with Gasteiger partial charge < -0.3 is 5.32 Å². The number of nitrogens with zero attached hydrogens (tertiary/aromatic N) is 1. The largest absolute Gasteiger partial charge is 0.378 e. The molecule has 110 valence electrons. The van der Waals surface area contributed by atoms with Gasteiger partial charge in [-0.25, -0.2) is 8.78 Å². The SMILES string of the molecule is O=[N+]([O-])c1ccc(Br)cc1CNc1cc(F)c(Br)cc1F. The van der Waals surface area contributed by atoms with Crippen LogP contribution in [0, 0.1) is 21.7 Å². The fourth-order valence-electron chi connectivity index (χ4n) is 1.72. The Kier molecular flexibility index (Phi) is 4.89. The Hall–Kier alpha value is -1.54. The van der Waals surface area contributed by atoms with Gasteiger partial charge in [0.15, 0.2) is 0 Å². The summed E-state index contributed by atoms with van der Waals surface area (Å²) in [7, 11) is 0. The first-order valence-electron chi connectivity index (χ1n) is 5.69. The zero-order valence-corrected chi connectivity index (χ0v) is 13.5. The Labute approximate surface area is 135 Å². The summed E-state index contributed by atoms with van der Waals surface area (Å²) in [5, 5.41) is 13.6. The van der Waals surface area contributed by atoms with E-state index in [0.29, 0.717) is 10.0 Å². The molecular weight excluding hydrogens is 414 g/mol. The fourth-order valence-corrected chi connectivity index (χ4v) is 2.45. The lowest BCUT2D eigenvalue weighted by Gasteiger charge is -2.09. The molecule has 0 aliphatic heterocycles. The third-order valence-electron chi connectivity index (χ3n) is 2.72. The molecule has 0 amide bonds. The zero-order chi connectivity index (χ0) is 15.6. The molecule has 0 heterocycles. The lowest BCUT2D eigenvalue weighted by molar-refractivity contribution is -0.385. The lowest BCUT2D eigenvalue weighted by atomic mass is 10.1. The molecule has 0 spiro atoms. The molecule has 0 saturated heterocycles. The van der Waals surface area contributed by atoms with Crippen molar-refractivity contribution in [1.29, 1.82) is 0 Å². The molecule has 21 heavy (non-hydrogen) atoms. The van der Waals surface area contributed by atoms with Crippen LogP contribution in [0.5, 0.6) is 0 Å². The summed E-state index contributed by atoms with van der Waals surface area (Å²) in [5.41, 5.74) is 0.200. The zero-order valence-electron chi connectivity index (χ0n) is 10.4. The van der Waals surface area contributed by atoms with Crippen molar-refractivity contribution in [3.05, 3.63) is 66.6 Å². The van der Waals surface area contributed by atoms with Gasteiger partial charge in [-0.05, 0) is 34.1 Å². The molecule has 0 bridgehead atoms. The van der Waals surface area contributed by atoms with Crippen LogP contribution in [0.3, 0.4) is 0 Å². The standard InChI is InChI=1S/C13H8Br2F2N2O2/c14-8-1-2-13(19(20)21)7(3-8)6-18-12-5-10(16)9(15)4-11(12)17/h1-5,18H,6H2. The molecule has 0 unspecified atom stereocenters.